The van der Waals surface area contributed by atoms with Crippen molar-refractivity contribution in [1.82, 2.24) is 0 Å². The fraction of sp³-hybridized carbons (Fsp3) is 0.286. The summed E-state index contributed by atoms with van der Waals surface area (Å²) in [5.41, 5.74) is 2.74. The van der Waals surface area contributed by atoms with Gasteiger partial charge in [0.25, 0.3) is 0 Å². The summed E-state index contributed by atoms with van der Waals surface area (Å²) in [5.74, 6) is 0.650. The van der Waals surface area contributed by atoms with Gasteiger partial charge in [0.15, 0.2) is 0 Å². The summed E-state index contributed by atoms with van der Waals surface area (Å²) in [6, 6.07) is 0. The van der Waals surface area contributed by atoms with Crippen LogP contribution in [-0.2, 0) is 0 Å². The minimum absolute atomic E-state index is 0.650. The zero-order chi connectivity index (χ0) is 5.11. The molecular formula is C7H8. The van der Waals surface area contributed by atoms with Crippen LogP contribution in [-0.4, -0.2) is 0 Å². The minimum atomic E-state index is 0.650. The molecule has 1 aliphatic carbocycles. The molecule has 0 aromatic rings. The molecule has 0 saturated carbocycles. The van der Waals surface area contributed by atoms with Gasteiger partial charge in [0, 0.05) is 5.92 Å². The van der Waals surface area contributed by atoms with E-state index in [9.17, 15) is 0 Å². The van der Waals surface area contributed by atoms with Crippen molar-refractivity contribution >= 4 is 0 Å². The van der Waals surface area contributed by atoms with E-state index < -0.39 is 0 Å². The summed E-state index contributed by atoms with van der Waals surface area (Å²) in [7, 11) is 0. The van der Waals surface area contributed by atoms with E-state index >= 15 is 0 Å². The van der Waals surface area contributed by atoms with Crippen LogP contribution in [0.15, 0.2) is 30.5 Å². The minimum Gasteiger partial charge on any atom is -0.132 e. The third kappa shape index (κ3) is 0.819. The molecule has 1 rings (SSSR count). The summed E-state index contributed by atoms with van der Waals surface area (Å²) in [4.78, 5) is 0. The summed E-state index contributed by atoms with van der Waals surface area (Å²) in [6.45, 7) is 3.47. The summed E-state index contributed by atoms with van der Waals surface area (Å²) in [6.07, 6.45) is 7.47. The van der Waals surface area contributed by atoms with Gasteiger partial charge in [-0.05, 0) is 12.5 Å². The fourth-order valence-corrected chi connectivity index (χ4v) is 0.568. The molecule has 0 radical (unpaired) electrons. The molecule has 1 unspecified atom stereocenters. The molecule has 36 valence electrons. The number of hydrogen-bond acceptors (Lipinski definition) is 0. The van der Waals surface area contributed by atoms with E-state index in [1.54, 1.807) is 0 Å². The molecule has 0 aliphatic heterocycles. The molecule has 0 aromatic carbocycles. The smallest absolute Gasteiger partial charge is 0.00567 e. The van der Waals surface area contributed by atoms with E-state index in [2.05, 4.69) is 24.5 Å². The van der Waals surface area contributed by atoms with Gasteiger partial charge in [0.2, 0.25) is 0 Å². The molecule has 0 amide bonds. The first-order valence-electron chi connectivity index (χ1n) is 2.46. The number of rotatable bonds is 1. The van der Waals surface area contributed by atoms with E-state index in [4.69, 9.17) is 0 Å². The van der Waals surface area contributed by atoms with E-state index in [0.717, 1.165) is 0 Å². The Kier molecular flexibility index (Phi) is 1.14. The zero-order valence-electron chi connectivity index (χ0n) is 4.22. The largest absolute Gasteiger partial charge is 0.132 e. The molecular weight excluding hydrogens is 84.1 g/mol. The standard InChI is InChI=1S/C7H8/c1-2-4-7-5-3-6-7/h3-5,7H,1,6H2. The lowest BCUT2D eigenvalue weighted by Crippen LogP contribution is -1.96. The molecule has 0 N–H and O–H groups in total. The predicted octanol–water partition coefficient (Wildman–Crippen LogP) is 1.90. The van der Waals surface area contributed by atoms with Gasteiger partial charge >= 0.3 is 0 Å². The van der Waals surface area contributed by atoms with Crippen LogP contribution in [0.1, 0.15) is 6.42 Å². The van der Waals surface area contributed by atoms with Gasteiger partial charge < -0.3 is 0 Å². The van der Waals surface area contributed by atoms with Crippen LogP contribution in [0.5, 0.6) is 0 Å². The first-order chi connectivity index (χ1) is 3.43. The lowest BCUT2D eigenvalue weighted by atomic mass is 9.96. The molecule has 0 nitrogen and oxygen atoms in total. The highest BCUT2D eigenvalue weighted by atomic mass is 14.1. The summed E-state index contributed by atoms with van der Waals surface area (Å²) < 4.78 is 0. The molecule has 1 aliphatic rings. The second-order valence-corrected chi connectivity index (χ2v) is 1.70. The first kappa shape index (κ1) is 4.42. The molecule has 0 heterocycles. The number of hydrogen-bond donors (Lipinski definition) is 0. The monoisotopic (exact) mass is 92.1 g/mol. The van der Waals surface area contributed by atoms with Crippen LogP contribution in [0.4, 0.5) is 0 Å². The Bertz CT molecular complexity index is 125. The Labute approximate surface area is 43.9 Å². The molecule has 7 heavy (non-hydrogen) atoms. The Morgan fingerprint density at radius 1 is 1.86 bits per heavy atom. The second kappa shape index (κ2) is 1.81. The average Bonchev–Trinajstić information content (AvgIpc) is 1.55. The molecule has 0 fully saturated rings. The van der Waals surface area contributed by atoms with E-state index in [1.807, 2.05) is 6.08 Å². The van der Waals surface area contributed by atoms with E-state index in [1.165, 1.54) is 6.42 Å². The van der Waals surface area contributed by atoms with Crippen molar-refractivity contribution in [3.63, 3.8) is 0 Å². The first-order valence-corrected chi connectivity index (χ1v) is 2.46. The molecule has 0 heteroatoms. The topological polar surface area (TPSA) is 0 Å². The normalized spacial score (nSPS) is 25.4. The van der Waals surface area contributed by atoms with Crippen LogP contribution < -0.4 is 0 Å². The van der Waals surface area contributed by atoms with Crippen molar-refractivity contribution in [1.29, 1.82) is 0 Å². The molecule has 1 atom stereocenters. The van der Waals surface area contributed by atoms with E-state index in [0.29, 0.717) is 5.92 Å². The maximum atomic E-state index is 3.47. The highest BCUT2D eigenvalue weighted by molar-refractivity contribution is 5.09. The number of allylic oxidation sites excluding steroid dienone is 3. The Balaban J connectivity index is 2.44. The van der Waals surface area contributed by atoms with Crippen LogP contribution in [0.3, 0.4) is 0 Å². The average molecular weight is 92.1 g/mol. The maximum Gasteiger partial charge on any atom is 0.00567 e. The van der Waals surface area contributed by atoms with Crippen molar-refractivity contribution in [3.05, 3.63) is 30.5 Å². The molecule has 0 aromatic heterocycles. The molecule has 0 spiro atoms. The highest BCUT2D eigenvalue weighted by Gasteiger charge is 2.02. The van der Waals surface area contributed by atoms with Crippen molar-refractivity contribution < 1.29 is 0 Å². The van der Waals surface area contributed by atoms with Gasteiger partial charge in [-0.3, -0.25) is 0 Å². The van der Waals surface area contributed by atoms with Gasteiger partial charge in [-0.2, -0.15) is 0 Å². The van der Waals surface area contributed by atoms with Crippen molar-refractivity contribution in [2.24, 2.45) is 5.92 Å². The third-order valence-electron chi connectivity index (χ3n) is 1.12. The van der Waals surface area contributed by atoms with Crippen molar-refractivity contribution in [2.75, 3.05) is 0 Å². The second-order valence-electron chi connectivity index (χ2n) is 1.70. The Morgan fingerprint density at radius 2 is 2.57 bits per heavy atom. The Morgan fingerprint density at radius 3 is 2.71 bits per heavy atom. The Hall–Kier alpha value is -0.740. The molecule has 0 bridgehead atoms. The van der Waals surface area contributed by atoms with Gasteiger partial charge in [-0.15, -0.1) is 5.73 Å². The van der Waals surface area contributed by atoms with Crippen LogP contribution in [0.25, 0.3) is 0 Å². The lowest BCUT2D eigenvalue weighted by molar-refractivity contribution is 0.761. The third-order valence-corrected chi connectivity index (χ3v) is 1.12. The van der Waals surface area contributed by atoms with Gasteiger partial charge in [0.05, 0.1) is 0 Å². The van der Waals surface area contributed by atoms with Gasteiger partial charge in [-0.25, -0.2) is 0 Å². The summed E-state index contributed by atoms with van der Waals surface area (Å²) >= 11 is 0. The van der Waals surface area contributed by atoms with Gasteiger partial charge in [0.1, 0.15) is 0 Å². The zero-order valence-corrected chi connectivity index (χ0v) is 4.22. The maximum absolute atomic E-state index is 3.47. The SMILES string of the molecule is C=C=CC1C=CC1. The lowest BCUT2D eigenvalue weighted by Gasteiger charge is -2.09. The van der Waals surface area contributed by atoms with Crippen molar-refractivity contribution in [2.45, 2.75) is 6.42 Å². The van der Waals surface area contributed by atoms with Crippen LogP contribution in [0.2, 0.25) is 0 Å². The fourth-order valence-electron chi connectivity index (χ4n) is 0.568. The summed E-state index contributed by atoms with van der Waals surface area (Å²) in [5, 5.41) is 0. The van der Waals surface area contributed by atoms with E-state index in [-0.39, 0.29) is 0 Å². The van der Waals surface area contributed by atoms with Crippen LogP contribution in [0, 0.1) is 5.92 Å². The quantitative estimate of drug-likeness (QED) is 0.342. The molecule has 0 saturated heterocycles. The van der Waals surface area contributed by atoms with Gasteiger partial charge in [-0.1, -0.05) is 18.7 Å². The van der Waals surface area contributed by atoms with Crippen molar-refractivity contribution in [3.8, 4) is 0 Å². The predicted molar refractivity (Wildman–Crippen MR) is 31.0 cm³/mol. The highest BCUT2D eigenvalue weighted by Crippen LogP contribution is 2.16. The van der Waals surface area contributed by atoms with Crippen LogP contribution >= 0.6 is 0 Å².